The van der Waals surface area contributed by atoms with E-state index in [2.05, 4.69) is 25.7 Å². The van der Waals surface area contributed by atoms with E-state index in [1.807, 2.05) is 6.07 Å². The van der Waals surface area contributed by atoms with Gasteiger partial charge in [-0.2, -0.15) is 0 Å². The number of hydrogen-bond acceptors (Lipinski definition) is 7. The van der Waals surface area contributed by atoms with Crippen LogP contribution in [-0.4, -0.2) is 39.2 Å². The van der Waals surface area contributed by atoms with Crippen molar-refractivity contribution in [1.29, 1.82) is 0 Å². The van der Waals surface area contributed by atoms with Crippen LogP contribution in [0.4, 0.5) is 0 Å². The Morgan fingerprint density at radius 3 is 2.32 bits per heavy atom. The lowest BCUT2D eigenvalue weighted by Crippen LogP contribution is -2.44. The van der Waals surface area contributed by atoms with Gasteiger partial charge in [0.2, 0.25) is 5.75 Å². The maximum absolute atomic E-state index is 13.6. The van der Waals surface area contributed by atoms with E-state index in [1.54, 1.807) is 20.3 Å². The molecule has 7 nitrogen and oxygen atoms in total. The molecule has 1 aliphatic heterocycles. The normalized spacial score (nSPS) is 24.4. The second kappa shape index (κ2) is 9.35. The quantitative estimate of drug-likeness (QED) is 0.607. The van der Waals surface area contributed by atoms with Crippen molar-refractivity contribution in [2.24, 2.45) is 11.3 Å². The summed E-state index contributed by atoms with van der Waals surface area (Å²) in [6.07, 6.45) is 4.83. The van der Waals surface area contributed by atoms with Crippen LogP contribution in [0.15, 0.2) is 35.7 Å². The molecule has 0 radical (unpaired) electrons. The van der Waals surface area contributed by atoms with Gasteiger partial charge < -0.3 is 24.3 Å². The molecule has 7 heteroatoms. The predicted octanol–water partition coefficient (Wildman–Crippen LogP) is 4.66. The van der Waals surface area contributed by atoms with Crippen molar-refractivity contribution in [2.45, 2.75) is 64.4 Å². The first-order chi connectivity index (χ1) is 16.2. The van der Waals surface area contributed by atoms with Gasteiger partial charge in [0.25, 0.3) is 0 Å². The minimum Gasteiger partial charge on any atom is -0.493 e. The summed E-state index contributed by atoms with van der Waals surface area (Å²) in [6.45, 7) is 8.36. The van der Waals surface area contributed by atoms with Crippen molar-refractivity contribution in [3.05, 3.63) is 41.2 Å². The average molecular weight is 470 g/mol. The molecule has 0 saturated heterocycles. The van der Waals surface area contributed by atoms with Crippen LogP contribution in [0.3, 0.4) is 0 Å². The molecule has 1 N–H and O–H groups in total. The number of rotatable bonds is 6. The zero-order valence-corrected chi connectivity index (χ0v) is 20.8. The van der Waals surface area contributed by atoms with Gasteiger partial charge in [0.1, 0.15) is 12.0 Å². The van der Waals surface area contributed by atoms with Crippen LogP contribution in [0, 0.1) is 11.3 Å². The number of benzene rings is 1. The van der Waals surface area contributed by atoms with Crippen LogP contribution in [0.2, 0.25) is 0 Å². The molecule has 1 fully saturated rings. The highest BCUT2D eigenvalue weighted by Gasteiger charge is 2.48. The third-order valence-electron chi connectivity index (χ3n) is 7.16. The number of ketones is 1. The number of carbonyl (C=O) groups is 2. The van der Waals surface area contributed by atoms with Gasteiger partial charge in [0.15, 0.2) is 17.3 Å². The summed E-state index contributed by atoms with van der Waals surface area (Å²) in [5.41, 5.74) is 2.45. The Morgan fingerprint density at radius 1 is 1.03 bits per heavy atom. The van der Waals surface area contributed by atoms with Crippen molar-refractivity contribution in [3.8, 4) is 17.2 Å². The van der Waals surface area contributed by atoms with E-state index in [4.69, 9.17) is 18.9 Å². The van der Waals surface area contributed by atoms with Crippen LogP contribution in [0.25, 0.3) is 0 Å². The Hall–Kier alpha value is -2.96. The summed E-state index contributed by atoms with van der Waals surface area (Å²) in [7, 11) is 4.64. The Balaban J connectivity index is 1.88. The van der Waals surface area contributed by atoms with Crippen molar-refractivity contribution in [1.82, 2.24) is 5.32 Å². The summed E-state index contributed by atoms with van der Waals surface area (Å²) < 4.78 is 22.8. The van der Waals surface area contributed by atoms with Crippen LogP contribution in [-0.2, 0) is 14.3 Å². The minimum atomic E-state index is -0.767. The van der Waals surface area contributed by atoms with Gasteiger partial charge in [-0.25, -0.2) is 0 Å². The second-order valence-electron chi connectivity index (χ2n) is 10.2. The summed E-state index contributed by atoms with van der Waals surface area (Å²) >= 11 is 0. The molecule has 1 aromatic rings. The van der Waals surface area contributed by atoms with Crippen LogP contribution >= 0.6 is 0 Å². The highest BCUT2D eigenvalue weighted by molar-refractivity contribution is 6.01. The van der Waals surface area contributed by atoms with E-state index in [-0.39, 0.29) is 23.3 Å². The lowest BCUT2D eigenvalue weighted by atomic mass is 9.66. The van der Waals surface area contributed by atoms with Crippen LogP contribution < -0.4 is 19.5 Å². The molecule has 2 aliphatic carbocycles. The number of methoxy groups -OCH3 is 3. The minimum absolute atomic E-state index is 0.0201. The first-order valence-corrected chi connectivity index (χ1v) is 11.9. The SMILES string of the molecule is C=C1NC2=C(C(=O)CC(C)(C)C2)C(c2ccc(OC)c(OC)c2OC)C1C(=O)OC1CCCC1. The zero-order valence-electron chi connectivity index (χ0n) is 20.8. The molecule has 34 heavy (non-hydrogen) atoms. The molecule has 1 heterocycles. The third kappa shape index (κ3) is 4.28. The third-order valence-corrected chi connectivity index (χ3v) is 7.16. The van der Waals surface area contributed by atoms with Crippen molar-refractivity contribution < 1.29 is 28.5 Å². The molecular formula is C27H35NO6. The van der Waals surface area contributed by atoms with Crippen molar-refractivity contribution in [3.63, 3.8) is 0 Å². The van der Waals surface area contributed by atoms with Crippen LogP contribution in [0.5, 0.6) is 17.2 Å². The van der Waals surface area contributed by atoms with Gasteiger partial charge in [-0.05, 0) is 43.6 Å². The van der Waals surface area contributed by atoms with Crippen molar-refractivity contribution in [2.75, 3.05) is 21.3 Å². The smallest absolute Gasteiger partial charge is 0.316 e. The Morgan fingerprint density at radius 2 is 1.71 bits per heavy atom. The fourth-order valence-corrected chi connectivity index (χ4v) is 5.67. The summed E-state index contributed by atoms with van der Waals surface area (Å²) in [6, 6.07) is 3.62. The lowest BCUT2D eigenvalue weighted by Gasteiger charge is -2.42. The van der Waals surface area contributed by atoms with E-state index in [1.165, 1.54) is 7.11 Å². The molecule has 0 amide bonds. The van der Waals surface area contributed by atoms with E-state index in [9.17, 15) is 9.59 Å². The summed E-state index contributed by atoms with van der Waals surface area (Å²) in [5, 5.41) is 3.32. The molecule has 2 unspecified atom stereocenters. The Labute approximate surface area is 201 Å². The average Bonchev–Trinajstić information content (AvgIpc) is 3.28. The fraction of sp³-hybridized carbons (Fsp3) is 0.556. The van der Waals surface area contributed by atoms with Gasteiger partial charge in [-0.3, -0.25) is 9.59 Å². The molecule has 0 bridgehead atoms. The first kappa shape index (κ1) is 24.2. The molecule has 1 saturated carbocycles. The maximum Gasteiger partial charge on any atom is 0.316 e. The summed E-state index contributed by atoms with van der Waals surface area (Å²) in [4.78, 5) is 27.1. The largest absolute Gasteiger partial charge is 0.493 e. The second-order valence-corrected chi connectivity index (χ2v) is 10.2. The van der Waals surface area contributed by atoms with Gasteiger partial charge in [0.05, 0.1) is 21.3 Å². The highest BCUT2D eigenvalue weighted by atomic mass is 16.5. The van der Waals surface area contributed by atoms with Gasteiger partial charge in [-0.1, -0.05) is 26.5 Å². The first-order valence-electron chi connectivity index (χ1n) is 11.9. The zero-order chi connectivity index (χ0) is 24.6. The monoisotopic (exact) mass is 469 g/mol. The highest BCUT2D eigenvalue weighted by Crippen LogP contribution is 2.53. The summed E-state index contributed by atoms with van der Waals surface area (Å²) in [5.74, 6) is -0.356. The standard InChI is InChI=1S/C27H35NO6/c1-15-21(26(30)34-16-9-7-8-10-16)22(23-18(28-15)13-27(2,3)14-19(23)29)17-11-12-20(31-4)25(33-6)24(17)32-5/h11-12,16,21-22,28H,1,7-10,13-14H2,2-6H3. The number of nitrogens with one attached hydrogen (secondary N) is 1. The lowest BCUT2D eigenvalue weighted by molar-refractivity contribution is -0.153. The molecule has 1 aromatic carbocycles. The van der Waals surface area contributed by atoms with Crippen molar-refractivity contribution >= 4 is 11.8 Å². The number of allylic oxidation sites excluding steroid dienone is 2. The molecular weight excluding hydrogens is 434 g/mol. The predicted molar refractivity (Wildman–Crippen MR) is 128 cm³/mol. The van der Waals surface area contributed by atoms with E-state index in [0.717, 1.165) is 31.4 Å². The number of hydrogen-bond donors (Lipinski definition) is 1. The number of carbonyl (C=O) groups excluding carboxylic acids is 2. The van der Waals surface area contributed by atoms with E-state index in [0.29, 0.717) is 46.9 Å². The number of ether oxygens (including phenoxy) is 4. The molecule has 2 atom stereocenters. The van der Waals surface area contributed by atoms with Gasteiger partial charge >= 0.3 is 5.97 Å². The van der Waals surface area contributed by atoms with E-state index < -0.39 is 11.8 Å². The Bertz CT molecular complexity index is 1030. The molecule has 0 spiro atoms. The Kier molecular flexibility index (Phi) is 6.65. The van der Waals surface area contributed by atoms with Crippen LogP contribution in [0.1, 0.15) is 63.9 Å². The fourth-order valence-electron chi connectivity index (χ4n) is 5.67. The number of Topliss-reactive ketones (excluding diaryl/α,β-unsaturated/α-hetero) is 1. The van der Waals surface area contributed by atoms with E-state index >= 15 is 0 Å². The molecule has 3 aliphatic rings. The molecule has 0 aromatic heterocycles. The molecule has 184 valence electrons. The number of esters is 1. The topological polar surface area (TPSA) is 83.1 Å². The molecule has 4 rings (SSSR count). The van der Waals surface area contributed by atoms with Gasteiger partial charge in [0, 0.05) is 34.9 Å². The maximum atomic E-state index is 13.6. The van der Waals surface area contributed by atoms with Gasteiger partial charge in [-0.15, -0.1) is 0 Å².